The van der Waals surface area contributed by atoms with Crippen LogP contribution < -0.4 is 10.6 Å². The molecule has 2 heterocycles. The van der Waals surface area contributed by atoms with Gasteiger partial charge in [-0.25, -0.2) is 4.98 Å². The molecule has 1 aromatic carbocycles. The third-order valence-electron chi connectivity index (χ3n) is 4.69. The number of halogens is 1. The Labute approximate surface area is 193 Å². The third-order valence-corrected chi connectivity index (χ3v) is 5.69. The molecule has 0 radical (unpaired) electrons. The topological polar surface area (TPSA) is 78.9 Å². The van der Waals surface area contributed by atoms with Crippen LogP contribution in [0.2, 0.25) is 0 Å². The minimum Gasteiger partial charge on any atom is -0.466 e. The number of carbonyl (C=O) groups excluding carboxylic acids is 1. The molecular formula is C20H30IN5O2S. The molecule has 1 saturated heterocycles. The van der Waals surface area contributed by atoms with E-state index >= 15 is 0 Å². The van der Waals surface area contributed by atoms with Crippen LogP contribution in [0.3, 0.4) is 0 Å². The first kappa shape index (κ1) is 23.7. The molecule has 1 aliphatic heterocycles. The summed E-state index contributed by atoms with van der Waals surface area (Å²) in [6, 6.07) is 8.14. The SMILES string of the molecule is CCNC(=NCCNc1nc2ccccc2s1)N1CCC(C(=O)OCC)CC1.I. The first-order valence-electron chi connectivity index (χ1n) is 10.0. The number of aromatic nitrogens is 1. The van der Waals surface area contributed by atoms with Crippen LogP contribution in [0.1, 0.15) is 26.7 Å². The molecule has 2 N–H and O–H groups in total. The van der Waals surface area contributed by atoms with Gasteiger partial charge in [0.1, 0.15) is 0 Å². The number of ether oxygens (including phenoxy) is 1. The van der Waals surface area contributed by atoms with E-state index in [0.29, 0.717) is 13.2 Å². The molecule has 2 aromatic rings. The molecule has 7 nitrogen and oxygen atoms in total. The highest BCUT2D eigenvalue weighted by molar-refractivity contribution is 14.0. The van der Waals surface area contributed by atoms with Crippen molar-refractivity contribution in [2.45, 2.75) is 26.7 Å². The van der Waals surface area contributed by atoms with Crippen LogP contribution in [0, 0.1) is 5.92 Å². The second kappa shape index (κ2) is 12.2. The summed E-state index contributed by atoms with van der Waals surface area (Å²) in [6.07, 6.45) is 1.63. The van der Waals surface area contributed by atoms with Gasteiger partial charge in [0, 0.05) is 26.2 Å². The lowest BCUT2D eigenvalue weighted by Crippen LogP contribution is -2.47. The van der Waals surface area contributed by atoms with Crippen LogP contribution in [0.15, 0.2) is 29.3 Å². The molecular weight excluding hydrogens is 501 g/mol. The zero-order valence-electron chi connectivity index (χ0n) is 17.0. The summed E-state index contributed by atoms with van der Waals surface area (Å²) in [5.74, 6) is 0.861. The number of rotatable bonds is 7. The molecule has 1 aliphatic rings. The number of esters is 1. The predicted molar refractivity (Wildman–Crippen MR) is 130 cm³/mol. The van der Waals surface area contributed by atoms with E-state index in [1.54, 1.807) is 11.3 Å². The van der Waals surface area contributed by atoms with E-state index in [9.17, 15) is 4.79 Å². The fourth-order valence-corrected chi connectivity index (χ4v) is 4.18. The maximum Gasteiger partial charge on any atom is 0.309 e. The van der Waals surface area contributed by atoms with Crippen molar-refractivity contribution in [3.63, 3.8) is 0 Å². The molecule has 0 atom stereocenters. The normalized spacial score (nSPS) is 15.1. The quantitative estimate of drug-likeness (QED) is 0.187. The smallest absolute Gasteiger partial charge is 0.309 e. The lowest BCUT2D eigenvalue weighted by Gasteiger charge is -2.33. The van der Waals surface area contributed by atoms with Crippen LogP contribution in [0.4, 0.5) is 5.13 Å². The molecule has 0 aliphatic carbocycles. The summed E-state index contributed by atoms with van der Waals surface area (Å²) in [6.45, 7) is 8.23. The third kappa shape index (κ3) is 6.70. The number of likely N-dealkylation sites (tertiary alicyclic amines) is 1. The number of thiazole rings is 1. The molecule has 160 valence electrons. The number of benzene rings is 1. The number of nitrogens with zero attached hydrogens (tertiary/aromatic N) is 3. The maximum absolute atomic E-state index is 11.9. The standard InChI is InChI=1S/C20H29N5O2S.HI/c1-3-21-19(25-13-9-15(10-14-25)18(26)27-4-2)22-11-12-23-20-24-16-7-5-6-8-17(16)28-20;/h5-8,15H,3-4,9-14H2,1-2H3,(H,21,22)(H,23,24);1H. The van der Waals surface area contributed by atoms with Gasteiger partial charge in [0.25, 0.3) is 0 Å². The molecule has 0 bridgehead atoms. The summed E-state index contributed by atoms with van der Waals surface area (Å²) in [7, 11) is 0. The van der Waals surface area contributed by atoms with E-state index in [1.165, 1.54) is 4.70 Å². The Hall–Kier alpha value is -1.62. The predicted octanol–water partition coefficient (Wildman–Crippen LogP) is 3.57. The van der Waals surface area contributed by atoms with E-state index in [0.717, 1.165) is 55.6 Å². The molecule has 1 fully saturated rings. The second-order valence-electron chi connectivity index (χ2n) is 6.66. The molecule has 9 heteroatoms. The van der Waals surface area contributed by atoms with E-state index in [2.05, 4.69) is 33.5 Å². The monoisotopic (exact) mass is 531 g/mol. The van der Waals surface area contributed by atoms with E-state index in [-0.39, 0.29) is 35.9 Å². The fraction of sp³-hybridized carbons (Fsp3) is 0.550. The molecule has 0 saturated carbocycles. The molecule has 0 spiro atoms. The van der Waals surface area contributed by atoms with Gasteiger partial charge in [0.2, 0.25) is 0 Å². The molecule has 0 unspecified atom stereocenters. The first-order valence-corrected chi connectivity index (χ1v) is 10.8. The van der Waals surface area contributed by atoms with Crippen molar-refractivity contribution in [3.05, 3.63) is 24.3 Å². The van der Waals surface area contributed by atoms with Crippen molar-refractivity contribution in [1.82, 2.24) is 15.2 Å². The zero-order chi connectivity index (χ0) is 19.8. The van der Waals surface area contributed by atoms with Crippen molar-refractivity contribution in [1.29, 1.82) is 0 Å². The van der Waals surface area contributed by atoms with Crippen LogP contribution >= 0.6 is 35.3 Å². The molecule has 3 rings (SSSR count). The number of guanidine groups is 1. The van der Waals surface area contributed by atoms with E-state index in [4.69, 9.17) is 9.73 Å². The van der Waals surface area contributed by atoms with Gasteiger partial charge >= 0.3 is 5.97 Å². The average Bonchev–Trinajstić information content (AvgIpc) is 3.13. The van der Waals surface area contributed by atoms with Gasteiger partial charge in [0.15, 0.2) is 11.1 Å². The number of nitrogens with one attached hydrogen (secondary N) is 2. The van der Waals surface area contributed by atoms with Crippen LogP contribution in [-0.4, -0.2) is 61.1 Å². The number of anilines is 1. The minimum atomic E-state index is -0.0656. The van der Waals surface area contributed by atoms with Gasteiger partial charge in [-0.1, -0.05) is 23.5 Å². The van der Waals surface area contributed by atoms with Gasteiger partial charge in [0.05, 0.1) is 29.3 Å². The number of fused-ring (bicyclic) bond motifs is 1. The Morgan fingerprint density at radius 1 is 1.31 bits per heavy atom. The van der Waals surface area contributed by atoms with Gasteiger partial charge in [-0.05, 0) is 38.8 Å². The Balaban J connectivity index is 0.00000300. The highest BCUT2D eigenvalue weighted by atomic mass is 127. The maximum atomic E-state index is 11.9. The van der Waals surface area contributed by atoms with Crippen molar-refractivity contribution < 1.29 is 9.53 Å². The average molecular weight is 531 g/mol. The summed E-state index contributed by atoms with van der Waals surface area (Å²) in [5, 5.41) is 7.65. The summed E-state index contributed by atoms with van der Waals surface area (Å²) < 4.78 is 6.34. The highest BCUT2D eigenvalue weighted by Gasteiger charge is 2.27. The molecule has 0 amide bonds. The number of hydrogen-bond acceptors (Lipinski definition) is 6. The Morgan fingerprint density at radius 3 is 2.76 bits per heavy atom. The minimum absolute atomic E-state index is 0. The first-order chi connectivity index (χ1) is 13.7. The largest absolute Gasteiger partial charge is 0.466 e. The number of hydrogen-bond donors (Lipinski definition) is 2. The summed E-state index contributed by atoms with van der Waals surface area (Å²) in [5.41, 5.74) is 1.02. The fourth-order valence-electron chi connectivity index (χ4n) is 3.29. The van der Waals surface area contributed by atoms with Crippen molar-refractivity contribution in [2.24, 2.45) is 10.9 Å². The number of piperidine rings is 1. The number of aliphatic imine (C=N–C) groups is 1. The zero-order valence-corrected chi connectivity index (χ0v) is 20.2. The molecule has 29 heavy (non-hydrogen) atoms. The number of para-hydroxylation sites is 1. The van der Waals surface area contributed by atoms with Crippen LogP contribution in [0.25, 0.3) is 10.2 Å². The van der Waals surface area contributed by atoms with Crippen molar-refractivity contribution >= 4 is 62.6 Å². The van der Waals surface area contributed by atoms with Crippen molar-refractivity contribution in [3.8, 4) is 0 Å². The van der Waals surface area contributed by atoms with E-state index < -0.39 is 0 Å². The summed E-state index contributed by atoms with van der Waals surface area (Å²) in [4.78, 5) is 23.5. The summed E-state index contributed by atoms with van der Waals surface area (Å²) >= 11 is 1.66. The van der Waals surface area contributed by atoms with Crippen LogP contribution in [-0.2, 0) is 9.53 Å². The van der Waals surface area contributed by atoms with Crippen molar-refractivity contribution in [2.75, 3.05) is 44.6 Å². The Morgan fingerprint density at radius 2 is 2.07 bits per heavy atom. The van der Waals surface area contributed by atoms with Gasteiger partial charge < -0.3 is 20.3 Å². The van der Waals surface area contributed by atoms with Gasteiger partial charge in [-0.15, -0.1) is 24.0 Å². The second-order valence-corrected chi connectivity index (χ2v) is 7.69. The van der Waals surface area contributed by atoms with Crippen LogP contribution in [0.5, 0.6) is 0 Å². The highest BCUT2D eigenvalue weighted by Crippen LogP contribution is 2.25. The van der Waals surface area contributed by atoms with Gasteiger partial charge in [-0.3, -0.25) is 9.79 Å². The number of carbonyl (C=O) groups is 1. The lowest BCUT2D eigenvalue weighted by atomic mass is 9.97. The van der Waals surface area contributed by atoms with E-state index in [1.807, 2.05) is 25.1 Å². The van der Waals surface area contributed by atoms with Gasteiger partial charge in [-0.2, -0.15) is 0 Å². The lowest BCUT2D eigenvalue weighted by molar-refractivity contribution is -0.149. The Kier molecular flexibility index (Phi) is 9.92. The molecule has 1 aromatic heterocycles. The Bertz CT molecular complexity index is 772.